The second kappa shape index (κ2) is 5.74. The molecule has 0 fully saturated rings. The third-order valence-corrected chi connectivity index (χ3v) is 1.27. The molecule has 15 heavy (non-hydrogen) atoms. The van der Waals surface area contributed by atoms with E-state index in [4.69, 9.17) is 5.11 Å². The summed E-state index contributed by atoms with van der Waals surface area (Å²) in [6.45, 7) is 1.98. The highest BCUT2D eigenvalue weighted by atomic mass is 16.6. The molecule has 0 aliphatic heterocycles. The molecular weight excluding hydrogens is 208 g/mol. The van der Waals surface area contributed by atoms with Gasteiger partial charge < -0.3 is 14.6 Å². The number of carboxylic acid groups (broad SMARTS) is 1. The van der Waals surface area contributed by atoms with Crippen LogP contribution in [0.5, 0.6) is 0 Å². The molecule has 0 aliphatic carbocycles. The maximum absolute atomic E-state index is 10.6. The summed E-state index contributed by atoms with van der Waals surface area (Å²) in [5.74, 6) is -3.30. The van der Waals surface area contributed by atoms with Crippen LogP contribution in [-0.4, -0.2) is 41.5 Å². The van der Waals surface area contributed by atoms with Crippen LogP contribution in [0.1, 0.15) is 13.8 Å². The number of hydrogen-bond donors (Lipinski definition) is 1. The van der Waals surface area contributed by atoms with Crippen LogP contribution in [0.4, 0.5) is 0 Å². The first kappa shape index (κ1) is 13.1. The molecule has 2 unspecified atom stereocenters. The minimum absolute atomic E-state index is 0.0864. The molecule has 7 nitrogen and oxygen atoms in total. The summed E-state index contributed by atoms with van der Waals surface area (Å²) in [5, 5.41) is 8.61. The standard InChI is InChI=1S/C8H10O7/c1-4(10)14-6(3-9)7(8(12)13)15-5(2)11/h3,6-7H,1-2H3,(H,12,13). The number of carbonyl (C=O) groups excluding carboxylic acids is 3. The van der Waals surface area contributed by atoms with E-state index in [-0.39, 0.29) is 6.29 Å². The maximum Gasteiger partial charge on any atom is 0.349 e. The zero-order valence-electron chi connectivity index (χ0n) is 8.13. The fourth-order valence-corrected chi connectivity index (χ4v) is 0.789. The lowest BCUT2D eigenvalue weighted by Gasteiger charge is -2.18. The van der Waals surface area contributed by atoms with Crippen LogP contribution in [0.2, 0.25) is 0 Å². The molecule has 0 saturated heterocycles. The number of hydrogen-bond acceptors (Lipinski definition) is 6. The summed E-state index contributed by atoms with van der Waals surface area (Å²) in [6, 6.07) is 0. The van der Waals surface area contributed by atoms with Gasteiger partial charge in [-0.1, -0.05) is 0 Å². The molecule has 0 aromatic carbocycles. The number of ether oxygens (including phenoxy) is 2. The van der Waals surface area contributed by atoms with Crippen molar-refractivity contribution in [3.05, 3.63) is 0 Å². The third-order valence-electron chi connectivity index (χ3n) is 1.27. The van der Waals surface area contributed by atoms with Gasteiger partial charge in [0, 0.05) is 13.8 Å². The lowest BCUT2D eigenvalue weighted by molar-refractivity contribution is -0.177. The number of carboxylic acids is 1. The van der Waals surface area contributed by atoms with Crippen molar-refractivity contribution in [2.75, 3.05) is 0 Å². The SMILES string of the molecule is CC(=O)OC(C=O)C(OC(C)=O)C(=O)O. The molecule has 84 valence electrons. The maximum atomic E-state index is 10.6. The Kier molecular flexibility index (Phi) is 5.00. The van der Waals surface area contributed by atoms with E-state index in [1.807, 2.05) is 0 Å². The fraction of sp³-hybridized carbons (Fsp3) is 0.500. The Bertz CT molecular complexity index is 283. The molecule has 0 amide bonds. The van der Waals surface area contributed by atoms with E-state index in [0.717, 1.165) is 13.8 Å². The van der Waals surface area contributed by atoms with E-state index in [0.29, 0.717) is 0 Å². The van der Waals surface area contributed by atoms with Gasteiger partial charge in [0.05, 0.1) is 0 Å². The summed E-state index contributed by atoms with van der Waals surface area (Å²) in [7, 11) is 0. The highest BCUT2D eigenvalue weighted by Gasteiger charge is 2.33. The monoisotopic (exact) mass is 218 g/mol. The molecule has 0 aliphatic rings. The molecule has 0 aromatic heterocycles. The molecule has 0 spiro atoms. The molecule has 7 heteroatoms. The van der Waals surface area contributed by atoms with Gasteiger partial charge in [-0.15, -0.1) is 0 Å². The van der Waals surface area contributed by atoms with Crippen LogP contribution < -0.4 is 0 Å². The van der Waals surface area contributed by atoms with Crippen molar-refractivity contribution in [2.24, 2.45) is 0 Å². The van der Waals surface area contributed by atoms with E-state index in [2.05, 4.69) is 9.47 Å². The van der Waals surface area contributed by atoms with Crippen LogP contribution in [-0.2, 0) is 28.7 Å². The Morgan fingerprint density at radius 2 is 1.60 bits per heavy atom. The predicted octanol–water partition coefficient (Wildman–Crippen LogP) is -0.867. The zero-order chi connectivity index (χ0) is 12.0. The minimum atomic E-state index is -1.82. The molecule has 0 heterocycles. The summed E-state index contributed by atoms with van der Waals surface area (Å²) >= 11 is 0. The second-order valence-corrected chi connectivity index (χ2v) is 2.58. The first-order valence-electron chi connectivity index (χ1n) is 3.91. The van der Waals surface area contributed by atoms with Gasteiger partial charge in [-0.3, -0.25) is 14.4 Å². The highest BCUT2D eigenvalue weighted by molar-refractivity contribution is 5.83. The molecule has 0 radical (unpaired) electrons. The number of rotatable bonds is 5. The number of esters is 2. The van der Waals surface area contributed by atoms with Crippen LogP contribution in [0.15, 0.2) is 0 Å². The van der Waals surface area contributed by atoms with E-state index < -0.39 is 30.1 Å². The van der Waals surface area contributed by atoms with Crippen molar-refractivity contribution in [3.8, 4) is 0 Å². The first-order chi connectivity index (χ1) is 6.88. The molecular formula is C8H10O7. The molecule has 0 aromatic rings. The Balaban J connectivity index is 4.69. The van der Waals surface area contributed by atoms with Gasteiger partial charge in [-0.2, -0.15) is 0 Å². The average molecular weight is 218 g/mol. The summed E-state index contributed by atoms with van der Waals surface area (Å²) in [5.41, 5.74) is 0. The van der Waals surface area contributed by atoms with Crippen LogP contribution >= 0.6 is 0 Å². The van der Waals surface area contributed by atoms with Crippen molar-refractivity contribution in [1.82, 2.24) is 0 Å². The van der Waals surface area contributed by atoms with Gasteiger partial charge in [-0.05, 0) is 0 Å². The van der Waals surface area contributed by atoms with Gasteiger partial charge in [-0.25, -0.2) is 4.79 Å². The Morgan fingerprint density at radius 1 is 1.13 bits per heavy atom. The predicted molar refractivity (Wildman–Crippen MR) is 44.8 cm³/mol. The Morgan fingerprint density at radius 3 is 1.87 bits per heavy atom. The molecule has 2 atom stereocenters. The lowest BCUT2D eigenvalue weighted by atomic mass is 10.2. The quantitative estimate of drug-likeness (QED) is 0.472. The average Bonchev–Trinajstić information content (AvgIpc) is 2.09. The summed E-state index contributed by atoms with van der Waals surface area (Å²) in [4.78, 5) is 42.1. The summed E-state index contributed by atoms with van der Waals surface area (Å²) in [6.07, 6.45) is -3.36. The summed E-state index contributed by atoms with van der Waals surface area (Å²) < 4.78 is 8.68. The van der Waals surface area contributed by atoms with Crippen LogP contribution in [0.25, 0.3) is 0 Å². The smallest absolute Gasteiger partial charge is 0.349 e. The van der Waals surface area contributed by atoms with Gasteiger partial charge in [0.25, 0.3) is 0 Å². The van der Waals surface area contributed by atoms with Gasteiger partial charge in [0.2, 0.25) is 12.2 Å². The number of aliphatic carboxylic acids is 1. The first-order valence-corrected chi connectivity index (χ1v) is 3.91. The van der Waals surface area contributed by atoms with Gasteiger partial charge in [0.1, 0.15) is 0 Å². The van der Waals surface area contributed by atoms with Crippen LogP contribution in [0, 0.1) is 0 Å². The van der Waals surface area contributed by atoms with E-state index in [1.54, 1.807) is 0 Å². The minimum Gasteiger partial charge on any atom is -0.478 e. The molecule has 1 N–H and O–H groups in total. The number of carbonyl (C=O) groups is 4. The van der Waals surface area contributed by atoms with Gasteiger partial charge >= 0.3 is 17.9 Å². The normalized spacial score (nSPS) is 13.5. The third kappa shape index (κ3) is 4.75. The topological polar surface area (TPSA) is 107 Å². The number of aldehydes is 1. The molecule has 0 rings (SSSR count). The lowest BCUT2D eigenvalue weighted by Crippen LogP contribution is -2.41. The van der Waals surface area contributed by atoms with Crippen LogP contribution in [0.3, 0.4) is 0 Å². The highest BCUT2D eigenvalue weighted by Crippen LogP contribution is 2.04. The second-order valence-electron chi connectivity index (χ2n) is 2.58. The zero-order valence-corrected chi connectivity index (χ0v) is 8.13. The van der Waals surface area contributed by atoms with Crippen molar-refractivity contribution < 1.29 is 33.8 Å². The Hall–Kier alpha value is -1.92. The van der Waals surface area contributed by atoms with E-state index in [1.165, 1.54) is 0 Å². The van der Waals surface area contributed by atoms with E-state index >= 15 is 0 Å². The van der Waals surface area contributed by atoms with Crippen molar-refractivity contribution in [2.45, 2.75) is 26.1 Å². The van der Waals surface area contributed by atoms with Crippen molar-refractivity contribution in [1.29, 1.82) is 0 Å². The van der Waals surface area contributed by atoms with Gasteiger partial charge in [0.15, 0.2) is 6.29 Å². The fourth-order valence-electron chi connectivity index (χ4n) is 0.789. The van der Waals surface area contributed by atoms with Crippen molar-refractivity contribution >= 4 is 24.2 Å². The largest absolute Gasteiger partial charge is 0.478 e. The molecule has 0 bridgehead atoms. The van der Waals surface area contributed by atoms with Crippen molar-refractivity contribution in [3.63, 3.8) is 0 Å². The Labute approximate surface area is 85.0 Å². The molecule has 0 saturated carbocycles. The van der Waals surface area contributed by atoms with E-state index in [9.17, 15) is 19.2 Å².